The molecule has 0 saturated carbocycles. The minimum Gasteiger partial charge on any atom is -0.382 e. The number of halogens is 1. The fourth-order valence-corrected chi connectivity index (χ4v) is 2.79. The first-order valence-corrected chi connectivity index (χ1v) is 7.34. The number of nitrogens with zero attached hydrogens (tertiary/aromatic N) is 2. The van der Waals surface area contributed by atoms with Gasteiger partial charge in [-0.15, -0.1) is 0 Å². The molecule has 1 aromatic heterocycles. The van der Waals surface area contributed by atoms with Gasteiger partial charge in [0.2, 0.25) is 0 Å². The number of ether oxygens (including phenoxy) is 1. The number of hydrogen-bond acceptors (Lipinski definition) is 4. The third-order valence-electron chi connectivity index (χ3n) is 3.91. The van der Waals surface area contributed by atoms with Crippen molar-refractivity contribution in [2.75, 3.05) is 30.8 Å². The fourth-order valence-electron chi connectivity index (χ4n) is 2.63. The van der Waals surface area contributed by atoms with Crippen LogP contribution in [0.4, 0.5) is 11.5 Å². The molecule has 4 nitrogen and oxygen atoms in total. The van der Waals surface area contributed by atoms with Crippen molar-refractivity contribution in [1.29, 1.82) is 0 Å². The average Bonchev–Trinajstić information content (AvgIpc) is 2.99. The normalized spacial score (nSPS) is 18.2. The molecule has 1 aliphatic heterocycles. The summed E-state index contributed by atoms with van der Waals surface area (Å²) in [6, 6.07) is 10.3. The predicted octanol–water partition coefficient (Wildman–Crippen LogP) is 3.21. The van der Waals surface area contributed by atoms with E-state index in [1.54, 1.807) is 13.3 Å². The zero-order chi connectivity index (χ0) is 14.8. The molecule has 0 unspecified atom stereocenters. The molecule has 21 heavy (non-hydrogen) atoms. The van der Waals surface area contributed by atoms with Gasteiger partial charge in [-0.1, -0.05) is 23.7 Å². The number of hydrogen-bond donors (Lipinski definition) is 1. The number of pyridine rings is 1. The number of anilines is 2. The van der Waals surface area contributed by atoms with Crippen LogP contribution in [-0.2, 0) is 4.74 Å². The monoisotopic (exact) mass is 303 g/mol. The Morgan fingerprint density at radius 2 is 2.05 bits per heavy atom. The van der Waals surface area contributed by atoms with Crippen molar-refractivity contribution < 1.29 is 4.74 Å². The van der Waals surface area contributed by atoms with E-state index in [1.807, 2.05) is 6.07 Å². The van der Waals surface area contributed by atoms with Crippen molar-refractivity contribution in [2.45, 2.75) is 12.5 Å². The molecule has 0 radical (unpaired) electrons. The van der Waals surface area contributed by atoms with Crippen LogP contribution in [0.5, 0.6) is 0 Å². The van der Waals surface area contributed by atoms with Crippen molar-refractivity contribution in [3.8, 4) is 11.1 Å². The summed E-state index contributed by atoms with van der Waals surface area (Å²) in [6.07, 6.45) is 3.16. The summed E-state index contributed by atoms with van der Waals surface area (Å²) in [4.78, 5) is 6.43. The van der Waals surface area contributed by atoms with Gasteiger partial charge in [0.25, 0.3) is 0 Å². The highest BCUT2D eigenvalue weighted by Crippen LogP contribution is 2.28. The highest BCUT2D eigenvalue weighted by atomic mass is 35.5. The second kappa shape index (κ2) is 5.92. The number of benzene rings is 1. The summed E-state index contributed by atoms with van der Waals surface area (Å²) in [5, 5.41) is 0.485. The molecule has 1 saturated heterocycles. The summed E-state index contributed by atoms with van der Waals surface area (Å²) in [5.74, 6) is 0.361. The van der Waals surface area contributed by atoms with Crippen LogP contribution < -0.4 is 10.6 Å². The molecule has 2 aromatic rings. The lowest BCUT2D eigenvalue weighted by Gasteiger charge is -2.18. The van der Waals surface area contributed by atoms with Crippen molar-refractivity contribution in [2.24, 2.45) is 0 Å². The second-order valence-electron chi connectivity index (χ2n) is 5.23. The molecule has 0 bridgehead atoms. The number of rotatable bonds is 3. The van der Waals surface area contributed by atoms with Crippen LogP contribution in [0.15, 0.2) is 36.5 Å². The van der Waals surface area contributed by atoms with E-state index < -0.39 is 0 Å². The molecule has 0 aliphatic carbocycles. The molecule has 110 valence electrons. The highest BCUT2D eigenvalue weighted by molar-refractivity contribution is 6.33. The van der Waals surface area contributed by atoms with Gasteiger partial charge in [-0.25, -0.2) is 4.98 Å². The first-order chi connectivity index (χ1) is 10.2. The van der Waals surface area contributed by atoms with E-state index in [0.29, 0.717) is 16.9 Å². The Bertz CT molecular complexity index is 630. The van der Waals surface area contributed by atoms with E-state index in [2.05, 4.69) is 34.1 Å². The van der Waals surface area contributed by atoms with Crippen LogP contribution >= 0.6 is 11.6 Å². The maximum Gasteiger partial charge on any atom is 0.142 e. The van der Waals surface area contributed by atoms with Gasteiger partial charge in [0.15, 0.2) is 0 Å². The minimum atomic E-state index is 0.338. The zero-order valence-electron chi connectivity index (χ0n) is 11.9. The second-order valence-corrected chi connectivity index (χ2v) is 5.64. The Morgan fingerprint density at radius 1 is 1.29 bits per heavy atom. The third kappa shape index (κ3) is 2.96. The van der Waals surface area contributed by atoms with E-state index in [4.69, 9.17) is 22.1 Å². The van der Waals surface area contributed by atoms with Crippen LogP contribution in [-0.4, -0.2) is 31.3 Å². The summed E-state index contributed by atoms with van der Waals surface area (Å²) in [6.45, 7) is 1.98. The summed E-state index contributed by atoms with van der Waals surface area (Å²) >= 11 is 6.02. The Morgan fingerprint density at radius 3 is 2.67 bits per heavy atom. The van der Waals surface area contributed by atoms with Gasteiger partial charge in [-0.05, 0) is 30.2 Å². The minimum absolute atomic E-state index is 0.338. The Balaban J connectivity index is 1.79. The first-order valence-electron chi connectivity index (χ1n) is 6.96. The molecule has 1 aromatic carbocycles. The standard InChI is InChI=1S/C16H18ClN3O/c1-21-14-6-7-20(10-14)13-4-2-11(3-5-13)12-8-15(17)16(18)19-9-12/h2-5,8-9,14H,6-7,10H2,1H3,(H2,18,19)/t14-/m1/s1. The van der Waals surface area contributed by atoms with Crippen LogP contribution in [0.1, 0.15) is 6.42 Å². The Labute approximate surface area is 129 Å². The lowest BCUT2D eigenvalue weighted by Crippen LogP contribution is -2.21. The molecule has 0 spiro atoms. The van der Waals surface area contributed by atoms with Gasteiger partial charge in [0, 0.05) is 37.6 Å². The van der Waals surface area contributed by atoms with Crippen LogP contribution in [0.25, 0.3) is 11.1 Å². The van der Waals surface area contributed by atoms with E-state index in [-0.39, 0.29) is 0 Å². The van der Waals surface area contributed by atoms with Gasteiger partial charge >= 0.3 is 0 Å². The summed E-state index contributed by atoms with van der Waals surface area (Å²) in [5.41, 5.74) is 8.90. The number of nitrogen functional groups attached to an aromatic ring is 1. The van der Waals surface area contributed by atoms with Crippen LogP contribution in [0.2, 0.25) is 5.02 Å². The average molecular weight is 304 g/mol. The molecule has 3 rings (SSSR count). The molecular weight excluding hydrogens is 286 g/mol. The fraction of sp³-hybridized carbons (Fsp3) is 0.312. The van der Waals surface area contributed by atoms with Crippen molar-refractivity contribution in [3.63, 3.8) is 0 Å². The van der Waals surface area contributed by atoms with Crippen molar-refractivity contribution in [1.82, 2.24) is 4.98 Å². The smallest absolute Gasteiger partial charge is 0.142 e. The van der Waals surface area contributed by atoms with E-state index in [0.717, 1.165) is 30.6 Å². The molecule has 1 fully saturated rings. The van der Waals surface area contributed by atoms with Crippen LogP contribution in [0.3, 0.4) is 0 Å². The maximum atomic E-state index is 6.02. The Kier molecular flexibility index (Phi) is 3.99. The molecule has 2 N–H and O–H groups in total. The van der Waals surface area contributed by atoms with E-state index in [1.165, 1.54) is 5.69 Å². The summed E-state index contributed by atoms with van der Waals surface area (Å²) in [7, 11) is 1.77. The highest BCUT2D eigenvalue weighted by Gasteiger charge is 2.22. The lowest BCUT2D eigenvalue weighted by atomic mass is 10.1. The van der Waals surface area contributed by atoms with Crippen molar-refractivity contribution >= 4 is 23.1 Å². The van der Waals surface area contributed by atoms with Crippen molar-refractivity contribution in [3.05, 3.63) is 41.6 Å². The molecule has 5 heteroatoms. The maximum absolute atomic E-state index is 6.02. The summed E-state index contributed by atoms with van der Waals surface area (Å²) < 4.78 is 5.40. The molecule has 1 aliphatic rings. The van der Waals surface area contributed by atoms with Gasteiger partial charge < -0.3 is 15.4 Å². The SMILES string of the molecule is CO[C@@H]1CCN(c2ccc(-c3cnc(N)c(Cl)c3)cc2)C1. The molecule has 0 amide bonds. The topological polar surface area (TPSA) is 51.4 Å². The quantitative estimate of drug-likeness (QED) is 0.946. The van der Waals surface area contributed by atoms with E-state index in [9.17, 15) is 0 Å². The Hall–Kier alpha value is -1.78. The lowest BCUT2D eigenvalue weighted by molar-refractivity contribution is 0.121. The van der Waals surface area contributed by atoms with E-state index >= 15 is 0 Å². The van der Waals surface area contributed by atoms with Gasteiger partial charge in [-0.2, -0.15) is 0 Å². The van der Waals surface area contributed by atoms with Gasteiger partial charge in [0.05, 0.1) is 11.1 Å². The molecule has 2 heterocycles. The molecular formula is C16H18ClN3O. The third-order valence-corrected chi connectivity index (χ3v) is 4.22. The number of methoxy groups -OCH3 is 1. The largest absolute Gasteiger partial charge is 0.382 e. The number of aromatic nitrogens is 1. The van der Waals surface area contributed by atoms with Gasteiger partial charge in [-0.3, -0.25) is 0 Å². The zero-order valence-corrected chi connectivity index (χ0v) is 12.7. The van der Waals surface area contributed by atoms with Crippen LogP contribution in [0, 0.1) is 0 Å². The van der Waals surface area contributed by atoms with Gasteiger partial charge in [0.1, 0.15) is 5.82 Å². The number of nitrogens with two attached hydrogens (primary N) is 1. The first kappa shape index (κ1) is 14.2. The predicted molar refractivity (Wildman–Crippen MR) is 86.7 cm³/mol. The molecule has 1 atom stereocenters.